The maximum Gasteiger partial charge on any atom is 0.307 e. The third kappa shape index (κ3) is 7.56. The zero-order chi connectivity index (χ0) is 21.2. The SMILES string of the molecule is C=C(Cc1ccc(NC(=O)CCC)cc1)N=C/C(CC(=O)O)=C(\C)N1CCCC1. The number of likely N-dealkylation sites (tertiary alicyclic amines) is 1. The van der Waals surface area contributed by atoms with Gasteiger partial charge in [-0.15, -0.1) is 0 Å². The van der Waals surface area contributed by atoms with Gasteiger partial charge >= 0.3 is 5.97 Å². The predicted molar refractivity (Wildman–Crippen MR) is 117 cm³/mol. The highest BCUT2D eigenvalue weighted by atomic mass is 16.4. The van der Waals surface area contributed by atoms with Crippen molar-refractivity contribution in [2.24, 2.45) is 4.99 Å². The molecule has 1 fully saturated rings. The Kier molecular flexibility index (Phi) is 8.65. The van der Waals surface area contributed by atoms with Crippen molar-refractivity contribution in [1.29, 1.82) is 0 Å². The van der Waals surface area contributed by atoms with Crippen molar-refractivity contribution in [3.63, 3.8) is 0 Å². The minimum Gasteiger partial charge on any atom is -0.481 e. The molecule has 1 aliphatic rings. The largest absolute Gasteiger partial charge is 0.481 e. The van der Waals surface area contributed by atoms with Gasteiger partial charge < -0.3 is 15.3 Å². The number of carboxylic acid groups (broad SMARTS) is 1. The van der Waals surface area contributed by atoms with E-state index < -0.39 is 5.97 Å². The molecule has 0 aliphatic carbocycles. The van der Waals surface area contributed by atoms with Gasteiger partial charge in [-0.3, -0.25) is 14.6 Å². The fourth-order valence-corrected chi connectivity index (χ4v) is 3.29. The Morgan fingerprint density at radius 2 is 1.90 bits per heavy atom. The molecule has 0 radical (unpaired) electrons. The predicted octanol–water partition coefficient (Wildman–Crippen LogP) is 4.40. The van der Waals surface area contributed by atoms with Crippen molar-refractivity contribution in [2.45, 2.75) is 52.4 Å². The number of anilines is 1. The third-order valence-corrected chi connectivity index (χ3v) is 4.91. The number of nitrogens with one attached hydrogen (secondary N) is 1. The molecule has 156 valence electrons. The molecule has 1 saturated heterocycles. The number of allylic oxidation sites excluding steroid dienone is 2. The van der Waals surface area contributed by atoms with Crippen molar-refractivity contribution in [1.82, 2.24) is 4.90 Å². The van der Waals surface area contributed by atoms with Gasteiger partial charge in [-0.25, -0.2) is 0 Å². The van der Waals surface area contributed by atoms with E-state index in [4.69, 9.17) is 0 Å². The number of hydrogen-bond acceptors (Lipinski definition) is 4. The van der Waals surface area contributed by atoms with Gasteiger partial charge in [0.2, 0.25) is 5.91 Å². The van der Waals surface area contributed by atoms with Crippen molar-refractivity contribution in [2.75, 3.05) is 18.4 Å². The quantitative estimate of drug-likeness (QED) is 0.574. The van der Waals surface area contributed by atoms with Crippen LogP contribution in [0.2, 0.25) is 0 Å². The summed E-state index contributed by atoms with van der Waals surface area (Å²) in [4.78, 5) is 29.5. The van der Waals surface area contributed by atoms with E-state index >= 15 is 0 Å². The first kappa shape index (κ1) is 22.4. The average molecular weight is 398 g/mol. The van der Waals surface area contributed by atoms with Gasteiger partial charge in [-0.2, -0.15) is 0 Å². The minimum absolute atomic E-state index is 0.0142. The number of carbonyl (C=O) groups excluding carboxylic acids is 1. The van der Waals surface area contributed by atoms with E-state index in [1.54, 1.807) is 6.21 Å². The number of hydrogen-bond donors (Lipinski definition) is 2. The Morgan fingerprint density at radius 1 is 1.24 bits per heavy atom. The van der Waals surface area contributed by atoms with E-state index in [9.17, 15) is 14.7 Å². The molecule has 0 aromatic heterocycles. The lowest BCUT2D eigenvalue weighted by Crippen LogP contribution is -2.19. The second-order valence-corrected chi connectivity index (χ2v) is 7.37. The van der Waals surface area contributed by atoms with Gasteiger partial charge in [0.1, 0.15) is 0 Å². The zero-order valence-electron chi connectivity index (χ0n) is 17.4. The normalized spacial score (nSPS) is 14.8. The molecule has 0 spiro atoms. The Hall–Kier alpha value is -2.89. The summed E-state index contributed by atoms with van der Waals surface area (Å²) in [6.45, 7) is 9.86. The number of carboxylic acids is 1. The molecule has 1 amide bonds. The molecule has 0 unspecified atom stereocenters. The molecular weight excluding hydrogens is 366 g/mol. The lowest BCUT2D eigenvalue weighted by atomic mass is 10.1. The summed E-state index contributed by atoms with van der Waals surface area (Å²) in [5, 5.41) is 12.1. The smallest absolute Gasteiger partial charge is 0.307 e. The first-order valence-corrected chi connectivity index (χ1v) is 10.2. The molecular formula is C23H31N3O3. The van der Waals surface area contributed by atoms with Crippen molar-refractivity contribution < 1.29 is 14.7 Å². The molecule has 2 N–H and O–H groups in total. The van der Waals surface area contributed by atoms with Crippen LogP contribution >= 0.6 is 0 Å². The standard InChI is InChI=1S/C23H31N3O3/c1-4-7-22(27)25-21-10-8-19(9-11-21)14-17(2)24-16-20(15-23(28)29)18(3)26-12-5-6-13-26/h8-11,16H,2,4-7,12-15H2,1,3H3,(H,25,27)(H,28,29)/b20-18+,24-16?. The number of nitrogens with zero attached hydrogens (tertiary/aromatic N) is 2. The van der Waals surface area contributed by atoms with Crippen LogP contribution in [0.5, 0.6) is 0 Å². The second-order valence-electron chi connectivity index (χ2n) is 7.37. The lowest BCUT2D eigenvalue weighted by molar-refractivity contribution is -0.136. The van der Waals surface area contributed by atoms with Crippen LogP contribution in [-0.4, -0.2) is 41.2 Å². The minimum atomic E-state index is -0.865. The van der Waals surface area contributed by atoms with Gasteiger partial charge in [0.05, 0.1) is 6.42 Å². The van der Waals surface area contributed by atoms with Gasteiger partial charge in [-0.1, -0.05) is 25.6 Å². The van der Waals surface area contributed by atoms with Crippen LogP contribution < -0.4 is 5.32 Å². The lowest BCUT2D eigenvalue weighted by Gasteiger charge is -2.20. The average Bonchev–Trinajstić information content (AvgIpc) is 3.21. The molecule has 2 rings (SSSR count). The molecule has 29 heavy (non-hydrogen) atoms. The van der Waals surface area contributed by atoms with E-state index in [2.05, 4.69) is 21.8 Å². The first-order valence-electron chi connectivity index (χ1n) is 10.2. The summed E-state index contributed by atoms with van der Waals surface area (Å²) in [6, 6.07) is 7.61. The molecule has 0 atom stereocenters. The highest BCUT2D eigenvalue weighted by molar-refractivity contribution is 5.90. The van der Waals surface area contributed by atoms with Crippen LogP contribution in [0.4, 0.5) is 5.69 Å². The van der Waals surface area contributed by atoms with E-state index in [0.29, 0.717) is 18.5 Å². The van der Waals surface area contributed by atoms with Crippen LogP contribution in [0.25, 0.3) is 0 Å². The number of aliphatic imine (C=N–C) groups is 1. The number of aliphatic carboxylic acids is 1. The fraction of sp³-hybridized carbons (Fsp3) is 0.435. The number of amides is 1. The Bertz CT molecular complexity index is 788. The highest BCUT2D eigenvalue weighted by Crippen LogP contribution is 2.19. The molecule has 1 aromatic carbocycles. The van der Waals surface area contributed by atoms with Gasteiger partial charge in [0.15, 0.2) is 0 Å². The molecule has 1 aliphatic heterocycles. The maximum absolute atomic E-state index is 11.7. The fourth-order valence-electron chi connectivity index (χ4n) is 3.29. The monoisotopic (exact) mass is 397 g/mol. The van der Waals surface area contributed by atoms with Crippen LogP contribution in [-0.2, 0) is 16.0 Å². The summed E-state index contributed by atoms with van der Waals surface area (Å²) in [5.74, 6) is -0.850. The molecule has 6 nitrogen and oxygen atoms in total. The second kappa shape index (κ2) is 11.2. The number of benzene rings is 1. The number of rotatable bonds is 10. The van der Waals surface area contributed by atoms with Gasteiger partial charge in [-0.05, 0) is 43.9 Å². The van der Waals surface area contributed by atoms with E-state index in [-0.39, 0.29) is 12.3 Å². The van der Waals surface area contributed by atoms with Crippen LogP contribution in [0, 0.1) is 0 Å². The molecule has 0 saturated carbocycles. The summed E-state index contributed by atoms with van der Waals surface area (Å²) in [6.07, 6.45) is 5.75. The van der Waals surface area contributed by atoms with Crippen LogP contribution in [0.3, 0.4) is 0 Å². The van der Waals surface area contributed by atoms with Crippen LogP contribution in [0.15, 0.2) is 52.8 Å². The molecule has 0 bridgehead atoms. The van der Waals surface area contributed by atoms with E-state index in [0.717, 1.165) is 54.9 Å². The third-order valence-electron chi connectivity index (χ3n) is 4.91. The van der Waals surface area contributed by atoms with Crippen molar-refractivity contribution >= 4 is 23.8 Å². The maximum atomic E-state index is 11.7. The zero-order valence-corrected chi connectivity index (χ0v) is 17.4. The van der Waals surface area contributed by atoms with Gasteiger partial charge in [0.25, 0.3) is 0 Å². The number of carbonyl (C=O) groups is 2. The van der Waals surface area contributed by atoms with E-state index in [1.807, 2.05) is 38.1 Å². The summed E-state index contributed by atoms with van der Waals surface area (Å²) < 4.78 is 0. The summed E-state index contributed by atoms with van der Waals surface area (Å²) in [7, 11) is 0. The summed E-state index contributed by atoms with van der Waals surface area (Å²) >= 11 is 0. The topological polar surface area (TPSA) is 82.0 Å². The molecule has 6 heteroatoms. The van der Waals surface area contributed by atoms with E-state index in [1.165, 1.54) is 0 Å². The Morgan fingerprint density at radius 3 is 2.48 bits per heavy atom. The van der Waals surface area contributed by atoms with Gasteiger partial charge in [0, 0.05) is 54.8 Å². The van der Waals surface area contributed by atoms with Crippen molar-refractivity contribution in [3.05, 3.63) is 53.4 Å². The first-order chi connectivity index (χ1) is 13.9. The Balaban J connectivity index is 2.00. The van der Waals surface area contributed by atoms with Crippen LogP contribution in [0.1, 0.15) is 51.5 Å². The molecule has 1 heterocycles. The highest BCUT2D eigenvalue weighted by Gasteiger charge is 2.16. The van der Waals surface area contributed by atoms with Crippen molar-refractivity contribution in [3.8, 4) is 0 Å². The molecule has 1 aromatic rings. The Labute approximate surface area is 173 Å². The summed E-state index contributed by atoms with van der Waals surface area (Å²) in [5.41, 5.74) is 4.16.